The highest BCUT2D eigenvalue weighted by Crippen LogP contribution is 2.30. The maximum absolute atomic E-state index is 13.0. The van der Waals surface area contributed by atoms with Crippen LogP contribution in [-0.4, -0.2) is 69.1 Å². The van der Waals surface area contributed by atoms with Crippen molar-refractivity contribution >= 4 is 21.7 Å². The average molecular weight is 502 g/mol. The molecule has 1 saturated heterocycles. The van der Waals surface area contributed by atoms with Gasteiger partial charge in [-0.25, -0.2) is 9.97 Å². The molecule has 0 amide bonds. The third-order valence-corrected chi connectivity index (χ3v) is 7.98. The third kappa shape index (κ3) is 5.85. The van der Waals surface area contributed by atoms with Crippen molar-refractivity contribution in [1.82, 2.24) is 34.5 Å². The van der Waals surface area contributed by atoms with Crippen LogP contribution in [0, 0.1) is 5.41 Å². The molecule has 4 heterocycles. The molecule has 1 aliphatic rings. The first-order valence-electron chi connectivity index (χ1n) is 11.5. The molecule has 188 valence electrons. The average Bonchev–Trinajstić information content (AvgIpc) is 3.42. The summed E-state index contributed by atoms with van der Waals surface area (Å²) in [4.78, 5) is 9.79. The van der Waals surface area contributed by atoms with Gasteiger partial charge in [0.2, 0.25) is 11.7 Å². The fraction of sp³-hybridized carbons (Fsp3) is 0.500. The van der Waals surface area contributed by atoms with Crippen LogP contribution in [0.1, 0.15) is 33.6 Å². The monoisotopic (exact) mass is 501 g/mol. The van der Waals surface area contributed by atoms with Gasteiger partial charge in [0.05, 0.1) is 18.8 Å². The molecule has 0 spiro atoms. The molecule has 3 aromatic rings. The van der Waals surface area contributed by atoms with E-state index < -0.39 is 10.2 Å². The fourth-order valence-corrected chi connectivity index (χ4v) is 5.33. The van der Waals surface area contributed by atoms with Crippen molar-refractivity contribution in [2.75, 3.05) is 36.3 Å². The highest BCUT2D eigenvalue weighted by Gasteiger charge is 2.37. The SMILES string of the molecule is CCn1nnc(-c2ccc(OCCC(C)(C)CCN3CCN(c4ccnc(N)c4)S3(=O)=O)nc2)n1. The molecule has 0 aliphatic carbocycles. The first-order valence-corrected chi connectivity index (χ1v) is 12.9. The van der Waals surface area contributed by atoms with E-state index in [0.717, 1.165) is 12.0 Å². The summed E-state index contributed by atoms with van der Waals surface area (Å²) in [6, 6.07) is 6.87. The van der Waals surface area contributed by atoms with Crippen LogP contribution in [0.25, 0.3) is 11.4 Å². The van der Waals surface area contributed by atoms with Gasteiger partial charge in [0.25, 0.3) is 0 Å². The number of nitrogens with zero attached hydrogens (tertiary/aromatic N) is 8. The van der Waals surface area contributed by atoms with Crippen LogP contribution in [0.4, 0.5) is 11.5 Å². The highest BCUT2D eigenvalue weighted by molar-refractivity contribution is 7.90. The molecule has 0 atom stereocenters. The standard InChI is InChI=1S/C22H31N9O3S/c1-4-31-27-21(26-28-31)17-5-6-20(25-16-17)34-14-9-22(2,3)8-11-29-12-13-30(35(29,32)33)18-7-10-24-19(23)15-18/h5-7,10,15-16H,4,8-9,11-14H2,1-3H3,(H2,23,24). The predicted molar refractivity (Wildman–Crippen MR) is 132 cm³/mol. The molecule has 12 nitrogen and oxygen atoms in total. The minimum absolute atomic E-state index is 0.119. The number of aromatic nitrogens is 6. The van der Waals surface area contributed by atoms with Crippen molar-refractivity contribution in [3.05, 3.63) is 36.7 Å². The largest absolute Gasteiger partial charge is 0.478 e. The van der Waals surface area contributed by atoms with Crippen molar-refractivity contribution < 1.29 is 13.2 Å². The molecule has 1 fully saturated rings. The Morgan fingerprint density at radius 3 is 2.66 bits per heavy atom. The molecule has 13 heteroatoms. The van der Waals surface area contributed by atoms with Gasteiger partial charge in [0.15, 0.2) is 0 Å². The number of ether oxygens (including phenoxy) is 1. The van der Waals surface area contributed by atoms with Gasteiger partial charge in [-0.1, -0.05) is 13.8 Å². The first-order chi connectivity index (χ1) is 16.7. The normalized spacial score (nSPS) is 16.0. The van der Waals surface area contributed by atoms with E-state index >= 15 is 0 Å². The molecule has 2 N–H and O–H groups in total. The Hall–Kier alpha value is -3.32. The van der Waals surface area contributed by atoms with E-state index in [4.69, 9.17) is 10.5 Å². The Bertz CT molecular complexity index is 1250. The molecule has 1 aliphatic heterocycles. The number of pyridine rings is 2. The van der Waals surface area contributed by atoms with E-state index in [1.165, 1.54) is 19.6 Å². The summed E-state index contributed by atoms with van der Waals surface area (Å²) in [5.74, 6) is 1.33. The van der Waals surface area contributed by atoms with Crippen molar-refractivity contribution in [3.63, 3.8) is 0 Å². The molecular formula is C22H31N9O3S. The van der Waals surface area contributed by atoms with Crippen LogP contribution in [0.2, 0.25) is 0 Å². The molecule has 4 rings (SSSR count). The van der Waals surface area contributed by atoms with E-state index in [2.05, 4.69) is 39.2 Å². The zero-order valence-electron chi connectivity index (χ0n) is 20.2. The molecular weight excluding hydrogens is 470 g/mol. The maximum Gasteiger partial charge on any atom is 0.304 e. The lowest BCUT2D eigenvalue weighted by Gasteiger charge is -2.27. The third-order valence-electron chi connectivity index (χ3n) is 6.01. The number of anilines is 2. The molecule has 0 saturated carbocycles. The van der Waals surface area contributed by atoms with Crippen LogP contribution in [0.5, 0.6) is 5.88 Å². The van der Waals surface area contributed by atoms with E-state index in [9.17, 15) is 8.42 Å². The summed E-state index contributed by atoms with van der Waals surface area (Å²) in [6.07, 6.45) is 4.63. The predicted octanol–water partition coefficient (Wildman–Crippen LogP) is 1.98. The lowest BCUT2D eigenvalue weighted by molar-refractivity contribution is 0.203. The van der Waals surface area contributed by atoms with Crippen LogP contribution >= 0.6 is 0 Å². The number of aryl methyl sites for hydroxylation is 1. The Kier molecular flexibility index (Phi) is 7.17. The molecule has 0 radical (unpaired) electrons. The topological polar surface area (TPSA) is 145 Å². The second-order valence-electron chi connectivity index (χ2n) is 9.12. The molecule has 0 aromatic carbocycles. The summed E-state index contributed by atoms with van der Waals surface area (Å²) in [7, 11) is -3.59. The second-order valence-corrected chi connectivity index (χ2v) is 11.0. The molecule has 35 heavy (non-hydrogen) atoms. The molecule has 0 bridgehead atoms. The van der Waals surface area contributed by atoms with Gasteiger partial charge in [-0.05, 0) is 42.5 Å². The first kappa shape index (κ1) is 24.8. The minimum atomic E-state index is -3.59. The lowest BCUT2D eigenvalue weighted by Crippen LogP contribution is -2.35. The lowest BCUT2D eigenvalue weighted by atomic mass is 9.86. The van der Waals surface area contributed by atoms with Gasteiger partial charge < -0.3 is 10.5 Å². The summed E-state index contributed by atoms with van der Waals surface area (Å²) in [6.45, 7) is 8.55. The van der Waals surface area contributed by atoms with E-state index in [-0.39, 0.29) is 5.41 Å². The number of tetrazole rings is 1. The van der Waals surface area contributed by atoms with Gasteiger partial charge in [-0.2, -0.15) is 17.5 Å². The zero-order chi connectivity index (χ0) is 25.1. The van der Waals surface area contributed by atoms with Crippen LogP contribution < -0.4 is 14.8 Å². The minimum Gasteiger partial charge on any atom is -0.478 e. The Labute approximate surface area is 205 Å². The van der Waals surface area contributed by atoms with E-state index in [1.54, 1.807) is 24.4 Å². The van der Waals surface area contributed by atoms with Crippen molar-refractivity contribution in [3.8, 4) is 17.3 Å². The van der Waals surface area contributed by atoms with Gasteiger partial charge in [-0.15, -0.1) is 10.2 Å². The Morgan fingerprint density at radius 2 is 1.97 bits per heavy atom. The van der Waals surface area contributed by atoms with Gasteiger partial charge in [-0.3, -0.25) is 4.31 Å². The number of nitrogen functional groups attached to an aromatic ring is 1. The van der Waals surface area contributed by atoms with Crippen molar-refractivity contribution in [1.29, 1.82) is 0 Å². The highest BCUT2D eigenvalue weighted by atomic mass is 32.2. The fourth-order valence-electron chi connectivity index (χ4n) is 3.73. The van der Waals surface area contributed by atoms with E-state index in [0.29, 0.717) is 62.4 Å². The smallest absolute Gasteiger partial charge is 0.304 e. The van der Waals surface area contributed by atoms with Crippen molar-refractivity contribution in [2.45, 2.75) is 40.2 Å². The van der Waals surface area contributed by atoms with Crippen molar-refractivity contribution in [2.24, 2.45) is 5.41 Å². The summed E-state index contributed by atoms with van der Waals surface area (Å²) in [5, 5.41) is 12.2. The maximum atomic E-state index is 13.0. The Morgan fingerprint density at radius 1 is 1.14 bits per heavy atom. The van der Waals surface area contributed by atoms with E-state index in [1.807, 2.05) is 13.0 Å². The Balaban J connectivity index is 1.26. The number of nitrogens with two attached hydrogens (primary N) is 1. The number of hydrogen-bond donors (Lipinski definition) is 1. The molecule has 3 aromatic heterocycles. The quantitative estimate of drug-likeness (QED) is 0.441. The van der Waals surface area contributed by atoms with Gasteiger partial charge >= 0.3 is 10.2 Å². The van der Waals surface area contributed by atoms with Crippen LogP contribution in [0.15, 0.2) is 36.7 Å². The van der Waals surface area contributed by atoms with Crippen LogP contribution in [-0.2, 0) is 16.8 Å². The second kappa shape index (κ2) is 10.1. The number of hydrogen-bond acceptors (Lipinski definition) is 9. The van der Waals surface area contributed by atoms with Gasteiger partial charge in [0, 0.05) is 49.7 Å². The summed E-state index contributed by atoms with van der Waals surface area (Å²) >= 11 is 0. The summed E-state index contributed by atoms with van der Waals surface area (Å²) < 4.78 is 34.8. The van der Waals surface area contributed by atoms with Gasteiger partial charge in [0.1, 0.15) is 5.82 Å². The van der Waals surface area contributed by atoms with Crippen LogP contribution in [0.3, 0.4) is 0 Å². The summed E-state index contributed by atoms with van der Waals surface area (Å²) in [5.41, 5.74) is 6.91. The molecule has 0 unspecified atom stereocenters. The zero-order valence-corrected chi connectivity index (χ0v) is 21.0. The number of rotatable bonds is 10.